The molecule has 0 bridgehead atoms. The van der Waals surface area contributed by atoms with Crippen LogP contribution < -0.4 is 0 Å². The Morgan fingerprint density at radius 1 is 1.07 bits per heavy atom. The summed E-state index contributed by atoms with van der Waals surface area (Å²) in [5.41, 5.74) is 3.41. The van der Waals surface area contributed by atoms with E-state index in [1.165, 1.54) is 21.7 Å². The Labute approximate surface area is 88.0 Å². The Bertz CT molecular complexity index is 650. The van der Waals surface area contributed by atoms with Crippen molar-refractivity contribution in [1.29, 1.82) is 0 Å². The van der Waals surface area contributed by atoms with Crippen molar-refractivity contribution in [3.8, 4) is 0 Å². The fourth-order valence-electron chi connectivity index (χ4n) is 2.10. The minimum atomic E-state index is 0.977. The largest absolute Gasteiger partial charge is 0.344 e. The summed E-state index contributed by atoms with van der Waals surface area (Å²) in [6.07, 6.45) is 1.95. The zero-order chi connectivity index (χ0) is 10.4. The average Bonchev–Trinajstić information content (AvgIpc) is 2.59. The summed E-state index contributed by atoms with van der Waals surface area (Å²) in [5.74, 6) is 0. The van der Waals surface area contributed by atoms with Crippen LogP contribution in [-0.2, 0) is 0 Å². The van der Waals surface area contributed by atoms with Gasteiger partial charge >= 0.3 is 0 Å². The van der Waals surface area contributed by atoms with E-state index in [1.807, 2.05) is 6.20 Å². The summed E-state index contributed by atoms with van der Waals surface area (Å²) in [7, 11) is 0. The number of aryl methyl sites for hydroxylation is 2. The molecule has 0 aliphatic carbocycles. The summed E-state index contributed by atoms with van der Waals surface area (Å²) in [6, 6.07) is 8.53. The molecule has 0 saturated heterocycles. The van der Waals surface area contributed by atoms with E-state index >= 15 is 0 Å². The maximum atomic E-state index is 4.44. The van der Waals surface area contributed by atoms with E-state index in [9.17, 15) is 0 Å². The summed E-state index contributed by atoms with van der Waals surface area (Å²) in [5, 5.41) is 3.74. The van der Waals surface area contributed by atoms with E-state index in [0.717, 1.165) is 11.3 Å². The second kappa shape index (κ2) is 2.83. The SMILES string of the molecule is Cc1cc2c(ncc3c(C)cccc32)[nH]1. The van der Waals surface area contributed by atoms with E-state index in [1.54, 1.807) is 0 Å². The Hall–Kier alpha value is -1.83. The summed E-state index contributed by atoms with van der Waals surface area (Å²) in [4.78, 5) is 7.69. The van der Waals surface area contributed by atoms with Crippen LogP contribution in [0.15, 0.2) is 30.5 Å². The van der Waals surface area contributed by atoms with Crippen LogP contribution in [0, 0.1) is 13.8 Å². The summed E-state index contributed by atoms with van der Waals surface area (Å²) in [6.45, 7) is 4.18. The molecule has 2 nitrogen and oxygen atoms in total. The quantitative estimate of drug-likeness (QED) is 0.587. The number of hydrogen-bond donors (Lipinski definition) is 1. The third kappa shape index (κ3) is 1.14. The van der Waals surface area contributed by atoms with Crippen molar-refractivity contribution in [3.05, 3.63) is 41.7 Å². The first-order valence-corrected chi connectivity index (χ1v) is 5.09. The Morgan fingerprint density at radius 3 is 2.80 bits per heavy atom. The number of nitrogens with one attached hydrogen (secondary N) is 1. The number of rotatable bonds is 0. The van der Waals surface area contributed by atoms with E-state index in [-0.39, 0.29) is 0 Å². The van der Waals surface area contributed by atoms with Gasteiger partial charge in [0, 0.05) is 22.7 Å². The van der Waals surface area contributed by atoms with Crippen LogP contribution in [0.2, 0.25) is 0 Å². The number of aromatic nitrogens is 2. The number of fused-ring (bicyclic) bond motifs is 3. The van der Waals surface area contributed by atoms with Crippen LogP contribution in [0.3, 0.4) is 0 Å². The molecule has 74 valence electrons. The minimum Gasteiger partial charge on any atom is -0.344 e. The monoisotopic (exact) mass is 196 g/mol. The molecule has 1 aromatic carbocycles. The van der Waals surface area contributed by atoms with Crippen molar-refractivity contribution in [3.63, 3.8) is 0 Å². The maximum absolute atomic E-state index is 4.44. The van der Waals surface area contributed by atoms with Gasteiger partial charge in [-0.15, -0.1) is 0 Å². The van der Waals surface area contributed by atoms with Crippen molar-refractivity contribution >= 4 is 21.8 Å². The zero-order valence-corrected chi connectivity index (χ0v) is 8.83. The van der Waals surface area contributed by atoms with Gasteiger partial charge in [0.25, 0.3) is 0 Å². The lowest BCUT2D eigenvalue weighted by Gasteiger charge is -2.01. The van der Waals surface area contributed by atoms with Gasteiger partial charge < -0.3 is 4.98 Å². The molecular weight excluding hydrogens is 184 g/mol. The highest BCUT2D eigenvalue weighted by molar-refractivity contribution is 6.05. The number of aromatic amines is 1. The van der Waals surface area contributed by atoms with Crippen molar-refractivity contribution in [2.45, 2.75) is 13.8 Å². The Kier molecular flexibility index (Phi) is 1.60. The van der Waals surface area contributed by atoms with Crippen LogP contribution in [0.4, 0.5) is 0 Å². The minimum absolute atomic E-state index is 0.977. The predicted octanol–water partition coefficient (Wildman–Crippen LogP) is 3.33. The topological polar surface area (TPSA) is 28.7 Å². The van der Waals surface area contributed by atoms with Gasteiger partial charge in [0.1, 0.15) is 5.65 Å². The van der Waals surface area contributed by atoms with Gasteiger partial charge in [-0.2, -0.15) is 0 Å². The van der Waals surface area contributed by atoms with Crippen LogP contribution in [0.25, 0.3) is 21.8 Å². The van der Waals surface area contributed by atoms with Crippen molar-refractivity contribution in [2.24, 2.45) is 0 Å². The molecule has 15 heavy (non-hydrogen) atoms. The second-order valence-electron chi connectivity index (χ2n) is 4.01. The van der Waals surface area contributed by atoms with Gasteiger partial charge in [0.2, 0.25) is 0 Å². The molecule has 3 rings (SSSR count). The van der Waals surface area contributed by atoms with Crippen LogP contribution >= 0.6 is 0 Å². The predicted molar refractivity (Wildman–Crippen MR) is 63.1 cm³/mol. The highest BCUT2D eigenvalue weighted by Crippen LogP contribution is 2.25. The van der Waals surface area contributed by atoms with Gasteiger partial charge in [-0.1, -0.05) is 18.2 Å². The standard InChI is InChI=1S/C13H12N2/c1-8-4-3-5-10-11-6-9(2)15-13(11)14-7-12(8)10/h3-7H,1-2H3,(H,14,15). The van der Waals surface area contributed by atoms with Crippen LogP contribution in [0.5, 0.6) is 0 Å². The number of H-pyrrole nitrogens is 1. The first-order chi connectivity index (χ1) is 7.25. The normalized spacial score (nSPS) is 11.3. The van der Waals surface area contributed by atoms with E-state index < -0.39 is 0 Å². The molecule has 2 heterocycles. The third-order valence-corrected chi connectivity index (χ3v) is 2.87. The fraction of sp³-hybridized carbons (Fsp3) is 0.154. The van der Waals surface area contributed by atoms with Gasteiger partial charge in [-0.3, -0.25) is 0 Å². The zero-order valence-electron chi connectivity index (χ0n) is 8.83. The lowest BCUT2D eigenvalue weighted by atomic mass is 10.1. The highest BCUT2D eigenvalue weighted by Gasteiger charge is 2.04. The van der Waals surface area contributed by atoms with E-state index in [0.29, 0.717) is 0 Å². The number of benzene rings is 1. The van der Waals surface area contributed by atoms with Gasteiger partial charge in [0.05, 0.1) is 0 Å². The van der Waals surface area contributed by atoms with Crippen molar-refractivity contribution in [2.75, 3.05) is 0 Å². The van der Waals surface area contributed by atoms with Crippen molar-refractivity contribution in [1.82, 2.24) is 9.97 Å². The van der Waals surface area contributed by atoms with Gasteiger partial charge in [-0.05, 0) is 30.9 Å². The third-order valence-electron chi connectivity index (χ3n) is 2.87. The number of nitrogens with zero attached hydrogens (tertiary/aromatic N) is 1. The lowest BCUT2D eigenvalue weighted by Crippen LogP contribution is -1.82. The van der Waals surface area contributed by atoms with Crippen LogP contribution in [-0.4, -0.2) is 9.97 Å². The van der Waals surface area contributed by atoms with Crippen LogP contribution in [0.1, 0.15) is 11.3 Å². The maximum Gasteiger partial charge on any atom is 0.138 e. The molecule has 0 aliphatic rings. The fourth-order valence-corrected chi connectivity index (χ4v) is 2.10. The molecule has 0 atom stereocenters. The summed E-state index contributed by atoms with van der Waals surface area (Å²) < 4.78 is 0. The molecule has 0 radical (unpaired) electrons. The molecule has 2 heteroatoms. The van der Waals surface area contributed by atoms with Gasteiger partial charge in [0.15, 0.2) is 0 Å². The Morgan fingerprint density at radius 2 is 1.93 bits per heavy atom. The molecule has 2 aromatic heterocycles. The number of pyridine rings is 1. The molecule has 3 aromatic rings. The van der Waals surface area contributed by atoms with Gasteiger partial charge in [-0.25, -0.2) is 4.98 Å². The average molecular weight is 196 g/mol. The lowest BCUT2D eigenvalue weighted by molar-refractivity contribution is 1.25. The van der Waals surface area contributed by atoms with E-state index in [4.69, 9.17) is 0 Å². The van der Waals surface area contributed by atoms with Crippen molar-refractivity contribution < 1.29 is 0 Å². The molecule has 0 spiro atoms. The smallest absolute Gasteiger partial charge is 0.138 e. The molecular formula is C13H12N2. The molecule has 0 fully saturated rings. The molecule has 0 unspecified atom stereocenters. The first-order valence-electron chi connectivity index (χ1n) is 5.09. The highest BCUT2D eigenvalue weighted by atomic mass is 14.8. The number of hydrogen-bond acceptors (Lipinski definition) is 1. The molecule has 1 N–H and O–H groups in total. The molecule has 0 saturated carbocycles. The second-order valence-corrected chi connectivity index (χ2v) is 4.01. The summed E-state index contributed by atoms with van der Waals surface area (Å²) >= 11 is 0. The Balaban J connectivity index is 2.59. The van der Waals surface area contributed by atoms with E-state index in [2.05, 4.69) is 48.1 Å². The first kappa shape index (κ1) is 8.48. The molecule has 0 aliphatic heterocycles. The molecule has 0 amide bonds.